The van der Waals surface area contributed by atoms with Gasteiger partial charge in [-0.25, -0.2) is 13.8 Å². The van der Waals surface area contributed by atoms with E-state index in [0.29, 0.717) is 24.3 Å². The highest BCUT2D eigenvalue weighted by Gasteiger charge is 2.21. The summed E-state index contributed by atoms with van der Waals surface area (Å²) in [4.78, 5) is 4.21. The van der Waals surface area contributed by atoms with Gasteiger partial charge in [-0.15, -0.1) is 0 Å². The molecule has 0 spiro atoms. The van der Waals surface area contributed by atoms with Crippen molar-refractivity contribution in [1.82, 2.24) is 14.9 Å². The predicted octanol–water partition coefficient (Wildman–Crippen LogP) is 2.24. The van der Waals surface area contributed by atoms with Crippen LogP contribution >= 0.6 is 0 Å². The van der Waals surface area contributed by atoms with Crippen molar-refractivity contribution >= 4 is 0 Å². The average Bonchev–Trinajstić information content (AvgIpc) is 2.79. The number of aromatic nitrogens is 2. The molecule has 1 aromatic heterocycles. The minimum atomic E-state index is -0.542. The summed E-state index contributed by atoms with van der Waals surface area (Å²) in [6.45, 7) is 3.73. The Balaban J connectivity index is 2.21. The molecular formula is C13H13F2N3. The summed E-state index contributed by atoms with van der Waals surface area (Å²) < 4.78 is 29.8. The van der Waals surface area contributed by atoms with Crippen LogP contribution in [0.15, 0.2) is 18.3 Å². The van der Waals surface area contributed by atoms with Gasteiger partial charge < -0.3 is 9.88 Å². The number of fused-ring (bicyclic) bond motifs is 1. The first kappa shape index (κ1) is 11.3. The first-order valence-corrected chi connectivity index (χ1v) is 5.88. The quantitative estimate of drug-likeness (QED) is 0.840. The summed E-state index contributed by atoms with van der Waals surface area (Å²) in [7, 11) is 0. The van der Waals surface area contributed by atoms with Gasteiger partial charge in [0, 0.05) is 13.1 Å². The van der Waals surface area contributed by atoms with Crippen LogP contribution in [0.25, 0.3) is 11.3 Å². The van der Waals surface area contributed by atoms with Crippen molar-refractivity contribution in [2.45, 2.75) is 20.0 Å². The van der Waals surface area contributed by atoms with Gasteiger partial charge in [0.2, 0.25) is 0 Å². The van der Waals surface area contributed by atoms with Crippen molar-refractivity contribution < 1.29 is 8.78 Å². The predicted molar refractivity (Wildman–Crippen MR) is 64.0 cm³/mol. The zero-order valence-corrected chi connectivity index (χ0v) is 10.0. The largest absolute Gasteiger partial charge is 0.325 e. The van der Waals surface area contributed by atoms with E-state index in [9.17, 15) is 8.78 Å². The normalized spacial score (nSPS) is 14.6. The number of nitrogens with zero attached hydrogens (tertiary/aromatic N) is 2. The van der Waals surface area contributed by atoms with Crippen LogP contribution in [0.5, 0.6) is 0 Å². The molecule has 94 valence electrons. The fourth-order valence-electron chi connectivity index (χ4n) is 2.29. The fraction of sp³-hybridized carbons (Fsp3) is 0.308. The molecule has 1 N–H and O–H groups in total. The second kappa shape index (κ2) is 4.17. The van der Waals surface area contributed by atoms with Gasteiger partial charge in [0.15, 0.2) is 0 Å². The van der Waals surface area contributed by atoms with Crippen LogP contribution in [0.1, 0.15) is 11.4 Å². The van der Waals surface area contributed by atoms with Crippen molar-refractivity contribution in [3.05, 3.63) is 41.4 Å². The highest BCUT2D eigenvalue weighted by Crippen LogP contribution is 2.29. The third kappa shape index (κ3) is 1.62. The van der Waals surface area contributed by atoms with Crippen LogP contribution in [0.4, 0.5) is 8.78 Å². The fourth-order valence-corrected chi connectivity index (χ4v) is 2.29. The van der Waals surface area contributed by atoms with Crippen molar-refractivity contribution in [3.63, 3.8) is 0 Å². The Morgan fingerprint density at radius 3 is 3.00 bits per heavy atom. The number of hydrogen-bond acceptors (Lipinski definition) is 2. The number of halogens is 2. The minimum Gasteiger partial charge on any atom is -0.325 e. The zero-order chi connectivity index (χ0) is 12.7. The topological polar surface area (TPSA) is 29.9 Å². The highest BCUT2D eigenvalue weighted by atomic mass is 19.1. The van der Waals surface area contributed by atoms with Gasteiger partial charge in [-0.1, -0.05) is 6.07 Å². The van der Waals surface area contributed by atoms with Crippen molar-refractivity contribution in [2.24, 2.45) is 0 Å². The molecule has 1 aliphatic rings. The van der Waals surface area contributed by atoms with E-state index in [0.717, 1.165) is 12.4 Å². The van der Waals surface area contributed by atoms with Gasteiger partial charge in [-0.05, 0) is 18.6 Å². The third-order valence-corrected chi connectivity index (χ3v) is 3.27. The first-order valence-electron chi connectivity index (χ1n) is 5.88. The number of benzene rings is 1. The highest BCUT2D eigenvalue weighted by molar-refractivity contribution is 5.62. The maximum absolute atomic E-state index is 14.1. The van der Waals surface area contributed by atoms with E-state index in [1.54, 1.807) is 13.1 Å². The van der Waals surface area contributed by atoms with E-state index in [-0.39, 0.29) is 5.56 Å². The molecule has 0 unspecified atom stereocenters. The molecule has 2 aromatic rings. The molecule has 0 aliphatic carbocycles. The molecule has 3 nitrogen and oxygen atoms in total. The van der Waals surface area contributed by atoms with Crippen LogP contribution in [0, 0.1) is 18.6 Å². The van der Waals surface area contributed by atoms with E-state index in [4.69, 9.17) is 0 Å². The molecule has 0 bridgehead atoms. The molecule has 0 fully saturated rings. The Bertz CT molecular complexity index is 605. The molecule has 3 rings (SSSR count). The number of nitrogens with one attached hydrogen (secondary N) is 1. The number of rotatable bonds is 1. The second-order valence-corrected chi connectivity index (χ2v) is 4.44. The maximum Gasteiger partial charge on any atom is 0.138 e. The molecule has 0 saturated heterocycles. The maximum atomic E-state index is 14.1. The SMILES string of the molecule is Cc1ccc(F)c(-c2cnc3n2CCNC3)c1F. The van der Waals surface area contributed by atoms with Gasteiger partial charge in [0.1, 0.15) is 17.5 Å². The molecule has 0 saturated carbocycles. The van der Waals surface area contributed by atoms with E-state index < -0.39 is 11.6 Å². The third-order valence-electron chi connectivity index (χ3n) is 3.27. The number of hydrogen-bond donors (Lipinski definition) is 1. The lowest BCUT2D eigenvalue weighted by Crippen LogP contribution is -2.28. The summed E-state index contributed by atoms with van der Waals surface area (Å²) in [6.07, 6.45) is 1.54. The number of aryl methyl sites for hydroxylation is 1. The van der Waals surface area contributed by atoms with Gasteiger partial charge in [-0.3, -0.25) is 0 Å². The molecule has 5 heteroatoms. The average molecular weight is 249 g/mol. The summed E-state index contributed by atoms with van der Waals surface area (Å²) in [6, 6.07) is 2.75. The molecule has 0 amide bonds. The van der Waals surface area contributed by atoms with Gasteiger partial charge in [0.25, 0.3) is 0 Å². The zero-order valence-electron chi connectivity index (χ0n) is 10.0. The standard InChI is InChI=1S/C13H13F2N3/c1-8-2-3-9(14)12(13(8)15)10-6-17-11-7-16-4-5-18(10)11/h2-3,6,16H,4-5,7H2,1H3. The summed E-state index contributed by atoms with van der Waals surface area (Å²) in [5.41, 5.74) is 0.983. The lowest BCUT2D eigenvalue weighted by atomic mass is 10.1. The lowest BCUT2D eigenvalue weighted by Gasteiger charge is -2.18. The van der Waals surface area contributed by atoms with Crippen LogP contribution < -0.4 is 5.32 Å². The van der Waals surface area contributed by atoms with Gasteiger partial charge in [-0.2, -0.15) is 0 Å². The van der Waals surface area contributed by atoms with Crippen molar-refractivity contribution in [1.29, 1.82) is 0 Å². The molecule has 2 heterocycles. The molecular weight excluding hydrogens is 236 g/mol. The molecule has 1 aliphatic heterocycles. The van der Waals surface area contributed by atoms with Crippen LogP contribution in [0.2, 0.25) is 0 Å². The van der Waals surface area contributed by atoms with Crippen LogP contribution in [-0.2, 0) is 13.1 Å². The number of imidazole rings is 1. The van der Waals surface area contributed by atoms with E-state index >= 15 is 0 Å². The monoisotopic (exact) mass is 249 g/mol. The summed E-state index contributed by atoms with van der Waals surface area (Å²) in [5.74, 6) is -0.230. The Labute approximate surface area is 103 Å². The molecule has 1 aromatic carbocycles. The van der Waals surface area contributed by atoms with Gasteiger partial charge in [0.05, 0.1) is 24.0 Å². The van der Waals surface area contributed by atoms with Crippen LogP contribution in [-0.4, -0.2) is 16.1 Å². The Morgan fingerprint density at radius 2 is 2.17 bits per heavy atom. The summed E-state index contributed by atoms with van der Waals surface area (Å²) >= 11 is 0. The molecule has 0 atom stereocenters. The second-order valence-electron chi connectivity index (χ2n) is 4.44. The Kier molecular flexibility index (Phi) is 2.63. The van der Waals surface area contributed by atoms with Crippen molar-refractivity contribution in [2.75, 3.05) is 6.54 Å². The first-order chi connectivity index (χ1) is 8.68. The smallest absolute Gasteiger partial charge is 0.138 e. The molecule has 0 radical (unpaired) electrons. The van der Waals surface area contributed by atoms with Gasteiger partial charge >= 0.3 is 0 Å². The van der Waals surface area contributed by atoms with E-state index in [2.05, 4.69) is 10.3 Å². The minimum absolute atomic E-state index is 0.0238. The van der Waals surface area contributed by atoms with Crippen LogP contribution in [0.3, 0.4) is 0 Å². The Morgan fingerprint density at radius 1 is 1.33 bits per heavy atom. The van der Waals surface area contributed by atoms with E-state index in [1.807, 2.05) is 4.57 Å². The molecule has 18 heavy (non-hydrogen) atoms. The van der Waals surface area contributed by atoms with E-state index in [1.165, 1.54) is 12.1 Å². The summed E-state index contributed by atoms with van der Waals surface area (Å²) in [5, 5.41) is 3.18. The lowest BCUT2D eigenvalue weighted by molar-refractivity contribution is 0.505. The van der Waals surface area contributed by atoms with Crippen molar-refractivity contribution in [3.8, 4) is 11.3 Å². The Hall–Kier alpha value is -1.75.